The molecule has 0 spiro atoms. The third-order valence-electron chi connectivity index (χ3n) is 3.07. The van der Waals surface area contributed by atoms with Gasteiger partial charge in [-0.15, -0.1) is 0 Å². The maximum Gasteiger partial charge on any atom is 0.270 e. The van der Waals surface area contributed by atoms with Gasteiger partial charge in [0.15, 0.2) is 0 Å². The van der Waals surface area contributed by atoms with Gasteiger partial charge in [0.2, 0.25) is 5.91 Å². The molecule has 0 bridgehead atoms. The SMILES string of the molecule is COC=C1CCN(C(C)=O)c2ccc([N+](=O)[O-])cc21. The van der Waals surface area contributed by atoms with Gasteiger partial charge in [-0.25, -0.2) is 0 Å². The average molecular weight is 262 g/mol. The second-order valence-electron chi connectivity index (χ2n) is 4.26. The van der Waals surface area contributed by atoms with E-state index in [0.29, 0.717) is 24.2 Å². The van der Waals surface area contributed by atoms with E-state index in [1.807, 2.05) is 0 Å². The molecular weight excluding hydrogens is 248 g/mol. The third kappa shape index (κ3) is 2.42. The number of nitrogens with zero attached hydrogens (tertiary/aromatic N) is 2. The Kier molecular flexibility index (Phi) is 3.50. The molecular formula is C13H14N2O4. The molecule has 1 aromatic carbocycles. The first-order chi connectivity index (χ1) is 9.04. The zero-order valence-electron chi connectivity index (χ0n) is 10.8. The molecule has 0 aromatic heterocycles. The fourth-order valence-electron chi connectivity index (χ4n) is 2.21. The number of non-ortho nitro benzene ring substituents is 1. The molecule has 0 atom stereocenters. The molecule has 6 nitrogen and oxygen atoms in total. The summed E-state index contributed by atoms with van der Waals surface area (Å²) in [6, 6.07) is 4.50. The summed E-state index contributed by atoms with van der Waals surface area (Å²) >= 11 is 0. The molecule has 0 fully saturated rings. The van der Waals surface area contributed by atoms with Gasteiger partial charge in [0, 0.05) is 31.2 Å². The van der Waals surface area contributed by atoms with Crippen LogP contribution in [-0.4, -0.2) is 24.5 Å². The van der Waals surface area contributed by atoms with Crippen molar-refractivity contribution in [2.24, 2.45) is 0 Å². The molecule has 2 rings (SSSR count). The Hall–Kier alpha value is -2.37. The van der Waals surface area contributed by atoms with E-state index in [9.17, 15) is 14.9 Å². The predicted octanol–water partition coefficient (Wildman–Crippen LogP) is 2.34. The summed E-state index contributed by atoms with van der Waals surface area (Å²) in [6.45, 7) is 2.03. The average Bonchev–Trinajstić information content (AvgIpc) is 2.38. The molecule has 0 saturated heterocycles. The van der Waals surface area contributed by atoms with Crippen LogP contribution in [0, 0.1) is 10.1 Å². The van der Waals surface area contributed by atoms with Crippen molar-refractivity contribution in [1.29, 1.82) is 0 Å². The summed E-state index contributed by atoms with van der Waals surface area (Å²) in [5.74, 6) is -0.0773. The van der Waals surface area contributed by atoms with Crippen LogP contribution in [0.3, 0.4) is 0 Å². The lowest BCUT2D eigenvalue weighted by Gasteiger charge is -2.29. The molecule has 6 heteroatoms. The molecule has 1 aliphatic rings. The summed E-state index contributed by atoms with van der Waals surface area (Å²) in [4.78, 5) is 23.6. The number of ether oxygens (including phenoxy) is 1. The standard InChI is InChI=1S/C13H14N2O4/c1-9(16)14-6-5-10(8-19-2)12-7-11(15(17)18)3-4-13(12)14/h3-4,7-8H,5-6H2,1-2H3. The van der Waals surface area contributed by atoms with Crippen LogP contribution in [0.4, 0.5) is 11.4 Å². The van der Waals surface area contributed by atoms with Crippen LogP contribution in [-0.2, 0) is 9.53 Å². The minimum absolute atomic E-state index is 0.00570. The quantitative estimate of drug-likeness (QED) is 0.466. The van der Waals surface area contributed by atoms with Crippen molar-refractivity contribution in [3.63, 3.8) is 0 Å². The van der Waals surface area contributed by atoms with Crippen LogP contribution >= 0.6 is 0 Å². The summed E-state index contributed by atoms with van der Waals surface area (Å²) in [5.41, 5.74) is 2.23. The highest BCUT2D eigenvalue weighted by Crippen LogP contribution is 2.36. The summed E-state index contributed by atoms with van der Waals surface area (Å²) in [6.07, 6.45) is 2.18. The van der Waals surface area contributed by atoms with Crippen LogP contribution in [0.5, 0.6) is 0 Å². The van der Waals surface area contributed by atoms with Crippen molar-refractivity contribution in [3.05, 3.63) is 40.1 Å². The number of nitro groups is 1. The number of carbonyl (C=O) groups excluding carboxylic acids is 1. The van der Waals surface area contributed by atoms with Gasteiger partial charge in [0.1, 0.15) is 0 Å². The minimum atomic E-state index is -0.447. The lowest BCUT2D eigenvalue weighted by molar-refractivity contribution is -0.384. The molecule has 1 aliphatic heterocycles. The fourth-order valence-corrected chi connectivity index (χ4v) is 2.21. The number of methoxy groups -OCH3 is 1. The number of anilines is 1. The molecule has 19 heavy (non-hydrogen) atoms. The van der Waals surface area contributed by atoms with Gasteiger partial charge in [-0.2, -0.15) is 0 Å². The molecule has 0 saturated carbocycles. The second-order valence-corrected chi connectivity index (χ2v) is 4.26. The number of rotatable bonds is 2. The van der Waals surface area contributed by atoms with Crippen molar-refractivity contribution in [3.8, 4) is 0 Å². The van der Waals surface area contributed by atoms with Crippen LogP contribution in [0.15, 0.2) is 24.5 Å². The van der Waals surface area contributed by atoms with Gasteiger partial charge in [-0.1, -0.05) is 0 Å². The van der Waals surface area contributed by atoms with E-state index >= 15 is 0 Å². The number of benzene rings is 1. The highest BCUT2D eigenvalue weighted by Gasteiger charge is 2.25. The van der Waals surface area contributed by atoms with Crippen molar-refractivity contribution in [2.75, 3.05) is 18.6 Å². The van der Waals surface area contributed by atoms with Gasteiger partial charge in [-0.05, 0) is 18.1 Å². The first-order valence-electron chi connectivity index (χ1n) is 5.83. The Labute approximate surface area is 110 Å². The number of hydrogen-bond donors (Lipinski definition) is 0. The van der Waals surface area contributed by atoms with Crippen LogP contribution < -0.4 is 4.90 Å². The first kappa shape index (κ1) is 13.1. The lowest BCUT2D eigenvalue weighted by atomic mass is 9.96. The summed E-state index contributed by atoms with van der Waals surface area (Å²) in [7, 11) is 1.53. The van der Waals surface area contributed by atoms with Crippen molar-refractivity contribution < 1.29 is 14.5 Å². The summed E-state index contributed by atoms with van der Waals surface area (Å²) < 4.78 is 5.00. The molecule has 1 aromatic rings. The number of nitro benzene ring substituents is 1. The Balaban J connectivity index is 2.57. The number of carbonyl (C=O) groups is 1. The number of amides is 1. The minimum Gasteiger partial charge on any atom is -0.504 e. The largest absolute Gasteiger partial charge is 0.504 e. The van der Waals surface area contributed by atoms with E-state index in [2.05, 4.69) is 0 Å². The number of fused-ring (bicyclic) bond motifs is 1. The molecule has 1 amide bonds. The lowest BCUT2D eigenvalue weighted by Crippen LogP contribution is -2.33. The van der Waals surface area contributed by atoms with Gasteiger partial charge in [0.25, 0.3) is 5.69 Å². The maximum atomic E-state index is 11.6. The van der Waals surface area contributed by atoms with E-state index in [0.717, 1.165) is 5.57 Å². The zero-order valence-corrected chi connectivity index (χ0v) is 10.8. The second kappa shape index (κ2) is 5.09. The predicted molar refractivity (Wildman–Crippen MR) is 70.7 cm³/mol. The number of hydrogen-bond acceptors (Lipinski definition) is 4. The van der Waals surface area contributed by atoms with Gasteiger partial charge in [0.05, 0.1) is 24.0 Å². The van der Waals surface area contributed by atoms with Crippen molar-refractivity contribution in [2.45, 2.75) is 13.3 Å². The van der Waals surface area contributed by atoms with Crippen molar-refractivity contribution >= 4 is 22.9 Å². The third-order valence-corrected chi connectivity index (χ3v) is 3.07. The Morgan fingerprint density at radius 3 is 2.84 bits per heavy atom. The van der Waals surface area contributed by atoms with Crippen molar-refractivity contribution in [1.82, 2.24) is 0 Å². The van der Waals surface area contributed by atoms with E-state index in [1.165, 1.54) is 26.2 Å². The molecule has 0 aliphatic carbocycles. The molecule has 1 heterocycles. The van der Waals surface area contributed by atoms with Gasteiger partial charge >= 0.3 is 0 Å². The highest BCUT2D eigenvalue weighted by molar-refractivity contribution is 5.97. The van der Waals surface area contributed by atoms with E-state index in [1.54, 1.807) is 17.2 Å². The Morgan fingerprint density at radius 2 is 2.26 bits per heavy atom. The van der Waals surface area contributed by atoms with E-state index < -0.39 is 4.92 Å². The highest BCUT2D eigenvalue weighted by atomic mass is 16.6. The summed E-state index contributed by atoms with van der Waals surface area (Å²) in [5, 5.41) is 10.8. The van der Waals surface area contributed by atoms with Gasteiger partial charge in [-0.3, -0.25) is 14.9 Å². The normalized spacial score (nSPS) is 16.1. The topological polar surface area (TPSA) is 72.7 Å². The molecule has 0 radical (unpaired) electrons. The smallest absolute Gasteiger partial charge is 0.270 e. The van der Waals surface area contributed by atoms with E-state index in [-0.39, 0.29) is 11.6 Å². The van der Waals surface area contributed by atoms with E-state index in [4.69, 9.17) is 4.74 Å². The molecule has 100 valence electrons. The van der Waals surface area contributed by atoms with Gasteiger partial charge < -0.3 is 9.64 Å². The Bertz CT molecular complexity index is 566. The van der Waals surface area contributed by atoms with Crippen LogP contribution in [0.25, 0.3) is 5.57 Å². The fraction of sp³-hybridized carbons (Fsp3) is 0.308. The molecule has 0 N–H and O–H groups in total. The Morgan fingerprint density at radius 1 is 1.53 bits per heavy atom. The monoisotopic (exact) mass is 262 g/mol. The molecule has 0 unspecified atom stereocenters. The maximum absolute atomic E-state index is 11.6. The van der Waals surface area contributed by atoms with Crippen LogP contribution in [0.1, 0.15) is 18.9 Å². The first-order valence-corrected chi connectivity index (χ1v) is 5.83. The zero-order chi connectivity index (χ0) is 14.0. The van der Waals surface area contributed by atoms with Crippen LogP contribution in [0.2, 0.25) is 0 Å².